The summed E-state index contributed by atoms with van der Waals surface area (Å²) in [5.74, 6) is 5.11. The molecular weight excluding hydrogens is 356 g/mol. The van der Waals surface area contributed by atoms with Crippen molar-refractivity contribution in [2.75, 3.05) is 6.61 Å². The summed E-state index contributed by atoms with van der Waals surface area (Å²) in [4.78, 5) is 12.2. The quantitative estimate of drug-likeness (QED) is 0.444. The summed E-state index contributed by atoms with van der Waals surface area (Å²) in [6.45, 7) is 12.0. The lowest BCUT2D eigenvalue weighted by molar-refractivity contribution is -0.182. The van der Waals surface area contributed by atoms with Gasteiger partial charge in [-0.2, -0.15) is 0 Å². The van der Waals surface area contributed by atoms with Crippen LogP contribution in [0.3, 0.4) is 0 Å². The molecule has 5 nitrogen and oxygen atoms in total. The van der Waals surface area contributed by atoms with Gasteiger partial charge in [-0.25, -0.2) is 4.79 Å². The van der Waals surface area contributed by atoms with E-state index in [9.17, 15) is 9.90 Å². The molecule has 28 heavy (non-hydrogen) atoms. The second kappa shape index (κ2) is 7.33. The molecule has 1 aliphatic heterocycles. The smallest absolute Gasteiger partial charge is 0.334 e. The number of allylic oxidation sites excluding steroid dienone is 1. The molecule has 1 spiro atoms. The fourth-order valence-electron chi connectivity index (χ4n) is 4.52. The first-order chi connectivity index (χ1) is 13.0. The highest BCUT2D eigenvalue weighted by Gasteiger charge is 2.57. The van der Waals surface area contributed by atoms with E-state index in [1.54, 1.807) is 6.92 Å². The molecule has 1 N–H and O–H groups in total. The molecule has 0 amide bonds. The van der Waals surface area contributed by atoms with Crippen LogP contribution in [0.5, 0.6) is 0 Å². The van der Waals surface area contributed by atoms with E-state index in [4.69, 9.17) is 14.2 Å². The largest absolute Gasteiger partial charge is 0.463 e. The van der Waals surface area contributed by atoms with E-state index < -0.39 is 16.8 Å². The van der Waals surface area contributed by atoms with Gasteiger partial charge in [0.05, 0.1) is 18.8 Å². The number of carbonyl (C=O) groups is 1. The van der Waals surface area contributed by atoms with Crippen LogP contribution < -0.4 is 0 Å². The maximum Gasteiger partial charge on any atom is 0.334 e. The molecule has 0 bridgehead atoms. The van der Waals surface area contributed by atoms with Crippen LogP contribution in [-0.2, 0) is 19.0 Å². The third-order valence-corrected chi connectivity index (χ3v) is 6.24. The minimum atomic E-state index is -1.32. The van der Waals surface area contributed by atoms with Gasteiger partial charge in [-0.15, -0.1) is 0 Å². The normalized spacial score (nSPS) is 36.9. The average molecular weight is 389 g/mol. The number of esters is 1. The van der Waals surface area contributed by atoms with Gasteiger partial charge in [0.1, 0.15) is 0 Å². The Morgan fingerprint density at radius 3 is 2.50 bits per heavy atom. The number of carbonyl (C=O) groups excluding carboxylic acids is 1. The van der Waals surface area contributed by atoms with Crippen molar-refractivity contribution in [3.63, 3.8) is 0 Å². The zero-order valence-corrected chi connectivity index (χ0v) is 17.8. The number of aliphatic hydroxyl groups is 1. The second-order valence-electron chi connectivity index (χ2n) is 8.84. The highest BCUT2D eigenvalue weighted by atomic mass is 16.8. The first-order valence-corrected chi connectivity index (χ1v) is 10.2. The Balaban J connectivity index is 1.95. The van der Waals surface area contributed by atoms with Crippen molar-refractivity contribution in [1.82, 2.24) is 0 Å². The molecule has 3 unspecified atom stereocenters. The molecule has 0 saturated carbocycles. The molecule has 0 aromatic carbocycles. The lowest BCUT2D eigenvalue weighted by atomic mass is 9.63. The summed E-state index contributed by atoms with van der Waals surface area (Å²) in [7, 11) is 0. The van der Waals surface area contributed by atoms with Crippen LogP contribution in [0.2, 0.25) is 0 Å². The summed E-state index contributed by atoms with van der Waals surface area (Å²) in [6, 6.07) is 0. The summed E-state index contributed by atoms with van der Waals surface area (Å²) < 4.78 is 17.4. The van der Waals surface area contributed by atoms with Gasteiger partial charge < -0.3 is 19.3 Å². The fourth-order valence-corrected chi connectivity index (χ4v) is 4.52. The van der Waals surface area contributed by atoms with Crippen molar-refractivity contribution in [3.05, 3.63) is 22.8 Å². The summed E-state index contributed by atoms with van der Waals surface area (Å²) >= 11 is 0. The van der Waals surface area contributed by atoms with Gasteiger partial charge in [0.25, 0.3) is 0 Å². The fraction of sp³-hybridized carbons (Fsp3) is 0.696. The third kappa shape index (κ3) is 3.54. The molecule has 1 saturated heterocycles. The summed E-state index contributed by atoms with van der Waals surface area (Å²) in [5, 5.41) is 11.5. The highest BCUT2D eigenvalue weighted by molar-refractivity contribution is 5.91. The minimum absolute atomic E-state index is 0.00657. The van der Waals surface area contributed by atoms with Gasteiger partial charge in [-0.3, -0.25) is 0 Å². The molecule has 3 atom stereocenters. The van der Waals surface area contributed by atoms with E-state index in [1.807, 2.05) is 40.7 Å². The van der Waals surface area contributed by atoms with Crippen molar-refractivity contribution in [2.45, 2.75) is 90.8 Å². The lowest BCUT2D eigenvalue weighted by Gasteiger charge is -2.48. The Morgan fingerprint density at radius 2 is 1.93 bits per heavy atom. The zero-order chi connectivity index (χ0) is 20.7. The van der Waals surface area contributed by atoms with Crippen LogP contribution in [0.4, 0.5) is 0 Å². The van der Waals surface area contributed by atoms with Gasteiger partial charge in [0, 0.05) is 23.0 Å². The Hall–Kier alpha value is -1.61. The Morgan fingerprint density at radius 1 is 1.29 bits per heavy atom. The van der Waals surface area contributed by atoms with Crippen molar-refractivity contribution in [3.8, 4) is 11.8 Å². The maximum absolute atomic E-state index is 12.2. The second-order valence-corrected chi connectivity index (χ2v) is 8.84. The molecule has 2 aliphatic carbocycles. The van der Waals surface area contributed by atoms with Crippen LogP contribution in [-0.4, -0.2) is 41.3 Å². The van der Waals surface area contributed by atoms with E-state index in [0.29, 0.717) is 30.6 Å². The van der Waals surface area contributed by atoms with E-state index in [2.05, 4.69) is 11.8 Å². The van der Waals surface area contributed by atoms with E-state index in [0.717, 1.165) is 18.4 Å². The first kappa shape index (κ1) is 21.1. The van der Waals surface area contributed by atoms with Crippen molar-refractivity contribution >= 4 is 5.97 Å². The van der Waals surface area contributed by atoms with Gasteiger partial charge in [0.15, 0.2) is 11.4 Å². The van der Waals surface area contributed by atoms with Crippen LogP contribution in [0.1, 0.15) is 67.2 Å². The van der Waals surface area contributed by atoms with E-state index >= 15 is 0 Å². The zero-order valence-electron chi connectivity index (χ0n) is 17.8. The molecule has 3 rings (SSSR count). The molecular formula is C23H32O5. The third-order valence-electron chi connectivity index (χ3n) is 6.24. The lowest BCUT2D eigenvalue weighted by Crippen LogP contribution is -2.53. The van der Waals surface area contributed by atoms with E-state index in [-0.39, 0.29) is 18.2 Å². The van der Waals surface area contributed by atoms with Crippen molar-refractivity contribution < 1.29 is 24.1 Å². The predicted octanol–water partition coefficient (Wildman–Crippen LogP) is 3.66. The molecule has 0 aromatic rings. The molecule has 0 radical (unpaired) electrons. The minimum Gasteiger partial charge on any atom is -0.463 e. The molecule has 154 valence electrons. The van der Waals surface area contributed by atoms with Gasteiger partial charge in [0.2, 0.25) is 0 Å². The standard InChI is InChI=1S/C23H32O5/c1-7-26-20(24)19-10-8-9-18(19)11-12-23(25)15(2)13-22(14-21(23,5)6)27-16(3)17(4)28-22/h13,16-17,25H,7-10,14H2,1-6H3. The Bertz CT molecular complexity index is 769. The van der Waals surface area contributed by atoms with Crippen LogP contribution in [0.15, 0.2) is 22.8 Å². The van der Waals surface area contributed by atoms with E-state index in [1.165, 1.54) is 0 Å². The molecule has 5 heteroatoms. The van der Waals surface area contributed by atoms with Crippen LogP contribution in [0, 0.1) is 17.3 Å². The van der Waals surface area contributed by atoms with Crippen molar-refractivity contribution in [1.29, 1.82) is 0 Å². The highest BCUT2D eigenvalue weighted by Crippen LogP contribution is 2.51. The Kier molecular flexibility index (Phi) is 5.53. The van der Waals surface area contributed by atoms with Gasteiger partial charge >= 0.3 is 5.97 Å². The molecule has 3 aliphatic rings. The average Bonchev–Trinajstić information content (AvgIpc) is 3.16. The predicted molar refractivity (Wildman–Crippen MR) is 106 cm³/mol. The van der Waals surface area contributed by atoms with Crippen LogP contribution >= 0.6 is 0 Å². The maximum atomic E-state index is 12.2. The Labute approximate surface area is 168 Å². The number of hydrogen-bond donors (Lipinski definition) is 1. The molecule has 1 heterocycles. The van der Waals surface area contributed by atoms with Crippen molar-refractivity contribution in [2.24, 2.45) is 5.41 Å². The van der Waals surface area contributed by atoms with Gasteiger partial charge in [-0.05, 0) is 58.6 Å². The first-order valence-electron chi connectivity index (χ1n) is 10.2. The summed E-state index contributed by atoms with van der Waals surface area (Å²) in [6.07, 6.45) is 4.67. The monoisotopic (exact) mass is 388 g/mol. The van der Waals surface area contributed by atoms with Crippen LogP contribution in [0.25, 0.3) is 0 Å². The summed E-state index contributed by atoms with van der Waals surface area (Å²) in [5.41, 5.74) is 0.233. The number of hydrogen-bond acceptors (Lipinski definition) is 5. The number of rotatable bonds is 2. The van der Waals surface area contributed by atoms with Gasteiger partial charge in [-0.1, -0.05) is 25.7 Å². The SMILES string of the molecule is CCOC(=O)C1=C(C#CC2(O)C(C)=CC3(CC2(C)C)OC(C)C(C)O3)CCC1. The number of ether oxygens (including phenoxy) is 3. The topological polar surface area (TPSA) is 65.0 Å². The molecule has 0 aromatic heterocycles. The molecule has 1 fully saturated rings.